The average molecular weight is 264 g/mol. The third-order valence-corrected chi connectivity index (χ3v) is 3.45. The van der Waals surface area contributed by atoms with E-state index < -0.39 is 0 Å². The fourth-order valence-electron chi connectivity index (χ4n) is 1.41. The molecule has 0 spiro atoms. The quantitative estimate of drug-likeness (QED) is 0.907. The largest absolute Gasteiger partial charge is 0.319 e. The van der Waals surface area contributed by atoms with Crippen LogP contribution in [0.2, 0.25) is 0 Å². The fraction of sp³-hybridized carbons (Fsp3) is 0.417. The van der Waals surface area contributed by atoms with Crippen LogP contribution in [0.25, 0.3) is 10.6 Å². The number of hydrogen-bond donors (Lipinski definition) is 1. The summed E-state index contributed by atoms with van der Waals surface area (Å²) in [6, 6.07) is 3.88. The van der Waals surface area contributed by atoms with Gasteiger partial charge in [0.2, 0.25) is 0 Å². The minimum absolute atomic E-state index is 0.0374. The van der Waals surface area contributed by atoms with Gasteiger partial charge in [-0.15, -0.1) is 10.2 Å². The summed E-state index contributed by atoms with van der Waals surface area (Å²) in [5.74, 6) is 0. The number of aryl methyl sites for hydroxylation is 1. The van der Waals surface area contributed by atoms with Crippen molar-refractivity contribution < 1.29 is 0 Å². The Kier molecular flexibility index (Phi) is 3.88. The summed E-state index contributed by atoms with van der Waals surface area (Å²) in [6.45, 7) is 4.88. The molecule has 2 heterocycles. The molecule has 0 saturated heterocycles. The highest BCUT2D eigenvalue weighted by molar-refractivity contribution is 7.14. The maximum Gasteiger partial charge on any atom is 0.250 e. The second kappa shape index (κ2) is 5.41. The first-order valence-corrected chi connectivity index (χ1v) is 6.60. The molecule has 2 rings (SSSR count). The van der Waals surface area contributed by atoms with Crippen LogP contribution in [0.5, 0.6) is 0 Å². The molecule has 0 unspecified atom stereocenters. The van der Waals surface area contributed by atoms with E-state index in [0.29, 0.717) is 12.6 Å². The van der Waals surface area contributed by atoms with Gasteiger partial charge < -0.3 is 9.88 Å². The van der Waals surface area contributed by atoms with Crippen molar-refractivity contribution in [2.24, 2.45) is 7.05 Å². The molecule has 0 aromatic carbocycles. The zero-order chi connectivity index (χ0) is 13.1. The molecule has 0 aliphatic heterocycles. The van der Waals surface area contributed by atoms with E-state index in [4.69, 9.17) is 0 Å². The van der Waals surface area contributed by atoms with Crippen LogP contribution in [-0.2, 0) is 13.6 Å². The lowest BCUT2D eigenvalue weighted by molar-refractivity contribution is 0.585. The topological polar surface area (TPSA) is 59.8 Å². The van der Waals surface area contributed by atoms with Crippen molar-refractivity contribution in [3.8, 4) is 10.6 Å². The van der Waals surface area contributed by atoms with Gasteiger partial charge in [0.1, 0.15) is 10.0 Å². The Hall–Kier alpha value is -1.53. The minimum atomic E-state index is -0.0374. The van der Waals surface area contributed by atoms with Gasteiger partial charge in [0.05, 0.1) is 0 Å². The van der Waals surface area contributed by atoms with E-state index in [-0.39, 0.29) is 5.56 Å². The molecule has 5 nitrogen and oxygen atoms in total. The Morgan fingerprint density at radius 2 is 2.22 bits per heavy atom. The lowest BCUT2D eigenvalue weighted by Gasteiger charge is -2.03. The van der Waals surface area contributed by atoms with Crippen molar-refractivity contribution >= 4 is 11.3 Å². The van der Waals surface area contributed by atoms with Crippen molar-refractivity contribution in [3.05, 3.63) is 33.7 Å². The molecule has 2 aromatic heterocycles. The van der Waals surface area contributed by atoms with Gasteiger partial charge in [-0.25, -0.2) is 0 Å². The standard InChI is InChI=1S/C12H16N4OS/c1-8(2)13-7-10-14-15-12(18-10)9-4-5-16(3)11(17)6-9/h4-6,8,13H,7H2,1-3H3. The van der Waals surface area contributed by atoms with Gasteiger partial charge >= 0.3 is 0 Å². The molecule has 2 aromatic rings. The Bertz CT molecular complexity index is 588. The number of rotatable bonds is 4. The van der Waals surface area contributed by atoms with Crippen molar-refractivity contribution in [2.45, 2.75) is 26.4 Å². The monoisotopic (exact) mass is 264 g/mol. The van der Waals surface area contributed by atoms with Gasteiger partial charge in [-0.1, -0.05) is 25.2 Å². The van der Waals surface area contributed by atoms with Crippen LogP contribution in [-0.4, -0.2) is 20.8 Å². The predicted molar refractivity (Wildman–Crippen MR) is 72.6 cm³/mol. The van der Waals surface area contributed by atoms with Crippen LogP contribution in [0.3, 0.4) is 0 Å². The number of hydrogen-bond acceptors (Lipinski definition) is 5. The van der Waals surface area contributed by atoms with Gasteiger partial charge in [-0.2, -0.15) is 0 Å². The molecule has 0 aliphatic rings. The maximum atomic E-state index is 11.5. The molecule has 0 fully saturated rings. The van der Waals surface area contributed by atoms with Gasteiger partial charge in [0.25, 0.3) is 5.56 Å². The van der Waals surface area contributed by atoms with Crippen molar-refractivity contribution in [1.29, 1.82) is 0 Å². The van der Waals surface area contributed by atoms with E-state index in [1.54, 1.807) is 19.3 Å². The summed E-state index contributed by atoms with van der Waals surface area (Å²) in [7, 11) is 1.73. The molecule has 0 bridgehead atoms. The molecular formula is C12H16N4OS. The Morgan fingerprint density at radius 3 is 2.89 bits per heavy atom. The van der Waals surface area contributed by atoms with Crippen molar-refractivity contribution in [2.75, 3.05) is 0 Å². The van der Waals surface area contributed by atoms with E-state index in [9.17, 15) is 4.79 Å². The molecule has 0 radical (unpaired) electrons. The first-order chi connectivity index (χ1) is 8.56. The lowest BCUT2D eigenvalue weighted by Crippen LogP contribution is -2.21. The highest BCUT2D eigenvalue weighted by Crippen LogP contribution is 2.21. The molecule has 96 valence electrons. The van der Waals surface area contributed by atoms with E-state index in [2.05, 4.69) is 29.4 Å². The van der Waals surface area contributed by atoms with Crippen molar-refractivity contribution in [3.63, 3.8) is 0 Å². The summed E-state index contributed by atoms with van der Waals surface area (Å²) in [5.41, 5.74) is 0.788. The first kappa shape index (κ1) is 12.9. The average Bonchev–Trinajstić information content (AvgIpc) is 2.79. The van der Waals surface area contributed by atoms with Crippen LogP contribution in [0, 0.1) is 0 Å². The van der Waals surface area contributed by atoms with E-state index in [1.165, 1.54) is 15.9 Å². The number of nitrogens with one attached hydrogen (secondary N) is 1. The third-order valence-electron chi connectivity index (χ3n) is 2.48. The summed E-state index contributed by atoms with van der Waals surface area (Å²) in [6.07, 6.45) is 1.74. The molecule has 6 heteroatoms. The summed E-state index contributed by atoms with van der Waals surface area (Å²) < 4.78 is 1.53. The van der Waals surface area contributed by atoms with Crippen LogP contribution < -0.4 is 10.9 Å². The van der Waals surface area contributed by atoms with Gasteiger partial charge in [-0.3, -0.25) is 4.79 Å². The second-order valence-corrected chi connectivity index (χ2v) is 5.46. The van der Waals surface area contributed by atoms with Gasteiger partial charge in [0.15, 0.2) is 0 Å². The van der Waals surface area contributed by atoms with Crippen LogP contribution in [0.15, 0.2) is 23.1 Å². The zero-order valence-electron chi connectivity index (χ0n) is 10.7. The molecule has 18 heavy (non-hydrogen) atoms. The predicted octanol–water partition coefficient (Wildman–Crippen LogP) is 1.40. The third kappa shape index (κ3) is 3.02. The summed E-state index contributed by atoms with van der Waals surface area (Å²) in [4.78, 5) is 11.5. The van der Waals surface area contributed by atoms with E-state index in [0.717, 1.165) is 15.6 Å². The number of pyridine rings is 1. The van der Waals surface area contributed by atoms with Gasteiger partial charge in [0, 0.05) is 37.5 Å². The molecule has 0 saturated carbocycles. The number of nitrogens with zero attached hydrogens (tertiary/aromatic N) is 3. The Morgan fingerprint density at radius 1 is 1.44 bits per heavy atom. The number of aromatic nitrogens is 3. The summed E-state index contributed by atoms with van der Waals surface area (Å²) in [5, 5.41) is 13.2. The molecule has 0 aliphatic carbocycles. The van der Waals surface area contributed by atoms with Crippen molar-refractivity contribution in [1.82, 2.24) is 20.1 Å². The Balaban J connectivity index is 2.18. The normalized spacial score (nSPS) is 11.1. The molecule has 0 atom stereocenters. The Labute approximate surface area is 110 Å². The lowest BCUT2D eigenvalue weighted by atomic mass is 10.3. The highest BCUT2D eigenvalue weighted by atomic mass is 32.1. The molecule has 1 N–H and O–H groups in total. The zero-order valence-corrected chi connectivity index (χ0v) is 11.5. The van der Waals surface area contributed by atoms with Crippen LogP contribution in [0.4, 0.5) is 0 Å². The van der Waals surface area contributed by atoms with Crippen LogP contribution in [0.1, 0.15) is 18.9 Å². The fourth-order valence-corrected chi connectivity index (χ4v) is 2.20. The second-order valence-electron chi connectivity index (χ2n) is 4.40. The van der Waals surface area contributed by atoms with E-state index in [1.807, 2.05) is 6.07 Å². The molecule has 0 amide bonds. The SMILES string of the molecule is CC(C)NCc1nnc(-c2ccn(C)c(=O)c2)s1. The first-order valence-electron chi connectivity index (χ1n) is 5.79. The highest BCUT2D eigenvalue weighted by Gasteiger charge is 2.07. The van der Waals surface area contributed by atoms with Crippen LogP contribution >= 0.6 is 11.3 Å². The molecular weight excluding hydrogens is 248 g/mol. The van der Waals surface area contributed by atoms with E-state index >= 15 is 0 Å². The summed E-state index contributed by atoms with van der Waals surface area (Å²) >= 11 is 1.51. The minimum Gasteiger partial charge on any atom is -0.319 e. The maximum absolute atomic E-state index is 11.5. The smallest absolute Gasteiger partial charge is 0.250 e. The van der Waals surface area contributed by atoms with Gasteiger partial charge in [-0.05, 0) is 6.07 Å².